The molecule has 2 saturated heterocycles. The van der Waals surface area contributed by atoms with Crippen LogP contribution in [0.25, 0.3) is 44.1 Å². The molecule has 216 valence electrons. The molecule has 0 aliphatic carbocycles. The summed E-state index contributed by atoms with van der Waals surface area (Å²) in [6.45, 7) is 5.57. The number of aromatic nitrogens is 4. The quantitative estimate of drug-likeness (QED) is 0.287. The van der Waals surface area contributed by atoms with Crippen LogP contribution in [0.5, 0.6) is 0 Å². The second kappa shape index (κ2) is 9.48. The summed E-state index contributed by atoms with van der Waals surface area (Å²) >= 11 is 0. The molecule has 0 saturated carbocycles. The zero-order valence-corrected chi connectivity index (χ0v) is 23.3. The Kier molecular flexibility index (Phi) is 5.94. The van der Waals surface area contributed by atoms with Crippen molar-refractivity contribution in [2.24, 2.45) is 13.0 Å². The van der Waals surface area contributed by atoms with E-state index in [4.69, 9.17) is 0 Å². The number of anilines is 2. The van der Waals surface area contributed by atoms with E-state index in [9.17, 15) is 19.1 Å². The lowest BCUT2D eigenvalue weighted by Gasteiger charge is -2.30. The van der Waals surface area contributed by atoms with E-state index in [1.54, 1.807) is 32.6 Å². The minimum atomic E-state index is -1.33. The lowest BCUT2D eigenvalue weighted by atomic mass is 9.99. The molecule has 2 atom stereocenters. The normalized spacial score (nSPS) is 18.9. The summed E-state index contributed by atoms with van der Waals surface area (Å²) in [6, 6.07) is 2.90. The van der Waals surface area contributed by atoms with Crippen LogP contribution in [0.4, 0.5) is 20.2 Å². The number of likely N-dealkylation sites (tertiary alicyclic amines) is 1. The van der Waals surface area contributed by atoms with Gasteiger partial charge in [-0.1, -0.05) is 6.92 Å². The molecule has 2 aliphatic heterocycles. The lowest BCUT2D eigenvalue weighted by Crippen LogP contribution is -2.35. The van der Waals surface area contributed by atoms with E-state index in [1.807, 2.05) is 0 Å². The van der Waals surface area contributed by atoms with Crippen LogP contribution in [0.15, 0.2) is 35.5 Å². The number of carboxylic acid groups (broad SMARTS) is 1. The first-order chi connectivity index (χ1) is 20.2. The lowest BCUT2D eigenvalue weighted by molar-refractivity contribution is 0.0695. The van der Waals surface area contributed by atoms with Gasteiger partial charge in [-0.05, 0) is 24.9 Å². The second-order valence-corrected chi connectivity index (χ2v) is 11.1. The summed E-state index contributed by atoms with van der Waals surface area (Å²) in [6.07, 6.45) is 5.48. The Morgan fingerprint density at radius 3 is 2.74 bits per heavy atom. The number of rotatable bonds is 5. The zero-order valence-electron chi connectivity index (χ0n) is 23.3. The molecular weight excluding hydrogens is 544 g/mol. The van der Waals surface area contributed by atoms with Gasteiger partial charge in [-0.25, -0.2) is 23.5 Å². The number of hydrogen-bond acceptors (Lipinski definition) is 7. The Morgan fingerprint density at radius 2 is 2.00 bits per heavy atom. The fourth-order valence-corrected chi connectivity index (χ4v) is 6.90. The maximum atomic E-state index is 15.7. The van der Waals surface area contributed by atoms with Crippen molar-refractivity contribution < 1.29 is 18.7 Å². The summed E-state index contributed by atoms with van der Waals surface area (Å²) in [7, 11) is 3.28. The zero-order chi connectivity index (χ0) is 29.4. The van der Waals surface area contributed by atoms with Gasteiger partial charge in [0.1, 0.15) is 16.9 Å². The van der Waals surface area contributed by atoms with Crippen molar-refractivity contribution in [2.45, 2.75) is 19.4 Å². The Labute approximate surface area is 238 Å². The average Bonchev–Trinajstić information content (AvgIpc) is 3.69. The third kappa shape index (κ3) is 3.71. The van der Waals surface area contributed by atoms with Gasteiger partial charge in [0, 0.05) is 75.6 Å². The van der Waals surface area contributed by atoms with E-state index < -0.39 is 23.0 Å². The Bertz CT molecular complexity index is 2000. The number of aromatic amines is 1. The highest BCUT2D eigenvalue weighted by Crippen LogP contribution is 2.47. The highest BCUT2D eigenvalue weighted by molar-refractivity contribution is 6.18. The average molecular weight is 574 g/mol. The summed E-state index contributed by atoms with van der Waals surface area (Å²) in [4.78, 5) is 42.0. The van der Waals surface area contributed by atoms with E-state index in [0.29, 0.717) is 57.2 Å². The molecule has 6 heterocycles. The predicted octanol–water partition coefficient (Wildman–Crippen LogP) is 4.18. The van der Waals surface area contributed by atoms with Crippen molar-refractivity contribution in [3.05, 3.63) is 58.1 Å². The molecule has 1 aromatic carbocycles. The summed E-state index contributed by atoms with van der Waals surface area (Å²) < 4.78 is 32.1. The molecule has 3 N–H and O–H groups in total. The summed E-state index contributed by atoms with van der Waals surface area (Å²) in [5, 5.41) is 13.3. The van der Waals surface area contributed by atoms with E-state index in [0.717, 1.165) is 32.1 Å². The molecule has 12 heteroatoms. The van der Waals surface area contributed by atoms with Gasteiger partial charge < -0.3 is 29.8 Å². The fraction of sp³-hybridized carbons (Fsp3) is 0.333. The van der Waals surface area contributed by atoms with Gasteiger partial charge in [0.15, 0.2) is 11.6 Å². The van der Waals surface area contributed by atoms with Gasteiger partial charge in [0.05, 0.1) is 33.1 Å². The van der Waals surface area contributed by atoms with Gasteiger partial charge in [0.2, 0.25) is 5.43 Å². The van der Waals surface area contributed by atoms with Crippen molar-refractivity contribution in [2.75, 3.05) is 43.4 Å². The molecule has 4 aromatic heterocycles. The van der Waals surface area contributed by atoms with Crippen LogP contribution in [0.3, 0.4) is 0 Å². The van der Waals surface area contributed by atoms with Crippen LogP contribution in [-0.4, -0.2) is 74.8 Å². The third-order valence-corrected chi connectivity index (χ3v) is 8.95. The maximum Gasteiger partial charge on any atom is 0.341 e. The fourth-order valence-electron chi connectivity index (χ4n) is 6.90. The molecule has 0 radical (unpaired) electrons. The molecule has 2 fully saturated rings. The SMILES string of the molecule is CCN1CC2CCN(c3c(-c4cnc5c(c4)c(=O)c(C(=O)O)cn5C)cnc4[nH]c5c(NC)cc(F)c(F)c5c34)[C@@H]2C1. The first-order valence-corrected chi connectivity index (χ1v) is 13.9. The highest BCUT2D eigenvalue weighted by atomic mass is 19.2. The number of benzene rings is 1. The Balaban J connectivity index is 1.56. The number of aromatic carboxylic acids is 1. The van der Waals surface area contributed by atoms with Crippen LogP contribution in [-0.2, 0) is 7.05 Å². The highest BCUT2D eigenvalue weighted by Gasteiger charge is 2.42. The van der Waals surface area contributed by atoms with Gasteiger partial charge in [-0.3, -0.25) is 4.79 Å². The number of hydrogen-bond donors (Lipinski definition) is 3. The molecule has 7 rings (SSSR count). The number of nitrogens with one attached hydrogen (secondary N) is 2. The number of aryl methyl sites for hydroxylation is 1. The van der Waals surface area contributed by atoms with Crippen LogP contribution in [0.2, 0.25) is 0 Å². The number of carbonyl (C=O) groups is 1. The molecule has 0 amide bonds. The molecule has 10 nitrogen and oxygen atoms in total. The van der Waals surface area contributed by atoms with Gasteiger partial charge in [-0.15, -0.1) is 0 Å². The molecule has 1 unspecified atom stereocenters. The first kappa shape index (κ1) is 26.3. The van der Waals surface area contributed by atoms with E-state index in [-0.39, 0.29) is 22.4 Å². The molecule has 5 aromatic rings. The van der Waals surface area contributed by atoms with Crippen molar-refractivity contribution in [1.82, 2.24) is 24.4 Å². The van der Waals surface area contributed by atoms with Crippen molar-refractivity contribution in [3.8, 4) is 11.1 Å². The van der Waals surface area contributed by atoms with Crippen LogP contribution < -0.4 is 15.6 Å². The number of H-pyrrole nitrogens is 1. The number of nitrogens with zero attached hydrogens (tertiary/aromatic N) is 5. The smallest absolute Gasteiger partial charge is 0.341 e. The van der Waals surface area contributed by atoms with Crippen LogP contribution in [0, 0.1) is 17.6 Å². The first-order valence-electron chi connectivity index (χ1n) is 13.9. The summed E-state index contributed by atoms with van der Waals surface area (Å²) in [5.41, 5.74) is 2.38. The van der Waals surface area contributed by atoms with Crippen molar-refractivity contribution in [1.29, 1.82) is 0 Å². The Morgan fingerprint density at radius 1 is 1.19 bits per heavy atom. The summed E-state index contributed by atoms with van der Waals surface area (Å²) in [5.74, 6) is -2.85. The van der Waals surface area contributed by atoms with Gasteiger partial charge in [-0.2, -0.15) is 0 Å². The number of fused-ring (bicyclic) bond motifs is 5. The monoisotopic (exact) mass is 573 g/mol. The number of likely N-dealkylation sites (N-methyl/N-ethyl adjacent to an activating group) is 1. The van der Waals surface area contributed by atoms with E-state index in [1.165, 1.54) is 10.8 Å². The largest absolute Gasteiger partial charge is 0.477 e. The van der Waals surface area contributed by atoms with Crippen molar-refractivity contribution >= 4 is 50.3 Å². The van der Waals surface area contributed by atoms with Crippen LogP contribution in [0.1, 0.15) is 23.7 Å². The number of halogens is 2. The third-order valence-electron chi connectivity index (χ3n) is 8.95. The maximum absolute atomic E-state index is 15.7. The molecule has 42 heavy (non-hydrogen) atoms. The topological polar surface area (TPSA) is 119 Å². The van der Waals surface area contributed by atoms with Crippen molar-refractivity contribution in [3.63, 3.8) is 0 Å². The van der Waals surface area contributed by atoms with E-state index in [2.05, 4.69) is 37.0 Å². The minimum absolute atomic E-state index is 0.102. The standard InChI is InChI=1S/C30H29F2N7O3/c1-4-38-11-14-5-6-39(21(14)13-38)26-17(15-7-16-27(40)18(30(41)42)12-37(3)29(16)35-9-15)10-34-28-23(26)22-24(32)19(31)8-20(33-2)25(22)36-28/h7-10,12,14,21,33H,4-6,11,13H2,1-3H3,(H,34,36)(H,41,42)/t14?,21-/m1/s1. The molecule has 0 bridgehead atoms. The number of pyridine rings is 3. The second-order valence-electron chi connectivity index (χ2n) is 11.1. The van der Waals surface area contributed by atoms with Gasteiger partial charge in [0.25, 0.3) is 0 Å². The predicted molar refractivity (Wildman–Crippen MR) is 157 cm³/mol. The molecular formula is C30H29F2N7O3. The number of carboxylic acids is 1. The van der Waals surface area contributed by atoms with Crippen LogP contribution >= 0.6 is 0 Å². The molecule has 0 spiro atoms. The Hall–Kier alpha value is -4.58. The van der Waals surface area contributed by atoms with Gasteiger partial charge >= 0.3 is 5.97 Å². The molecule has 2 aliphatic rings. The van der Waals surface area contributed by atoms with E-state index >= 15 is 4.39 Å². The minimum Gasteiger partial charge on any atom is -0.477 e.